The highest BCUT2D eigenvalue weighted by Crippen LogP contribution is 2.51. The van der Waals surface area contributed by atoms with Crippen molar-refractivity contribution in [2.75, 3.05) is 45.8 Å². The molecule has 9 rings (SSSR count). The van der Waals surface area contributed by atoms with Crippen molar-refractivity contribution in [2.24, 2.45) is 17.6 Å². The summed E-state index contributed by atoms with van der Waals surface area (Å²) >= 11 is 0. The number of hydrogen-bond donors (Lipinski definition) is 2. The van der Waals surface area contributed by atoms with Crippen molar-refractivity contribution in [3.63, 3.8) is 0 Å². The van der Waals surface area contributed by atoms with Gasteiger partial charge in [0.25, 0.3) is 11.6 Å². The monoisotopic (exact) mass is 707 g/mol. The molecule has 13 heteroatoms. The molecule has 0 saturated carbocycles. The van der Waals surface area contributed by atoms with Gasteiger partial charge in [0.1, 0.15) is 58.1 Å². The van der Waals surface area contributed by atoms with E-state index in [4.69, 9.17) is 10.5 Å². The first kappa shape index (κ1) is 33.9. The van der Waals surface area contributed by atoms with Crippen LogP contribution in [-0.2, 0) is 32.3 Å². The number of rotatable bonds is 10. The Morgan fingerprint density at radius 2 is 1.52 bits per heavy atom. The average Bonchev–Trinajstić information content (AvgIpc) is 3.54. The Kier molecular flexibility index (Phi) is 7.94. The van der Waals surface area contributed by atoms with E-state index in [9.17, 15) is 34.4 Å². The number of quaternary nitrogens is 2. The van der Waals surface area contributed by atoms with Crippen LogP contribution in [-0.4, -0.2) is 105 Å². The molecule has 2 bridgehead atoms. The molecule has 1 aliphatic carbocycles. The van der Waals surface area contributed by atoms with E-state index < -0.39 is 29.0 Å². The fourth-order valence-corrected chi connectivity index (χ4v) is 9.40. The van der Waals surface area contributed by atoms with Crippen LogP contribution in [0.3, 0.4) is 0 Å². The van der Waals surface area contributed by atoms with Crippen molar-refractivity contribution in [1.82, 2.24) is 4.90 Å². The van der Waals surface area contributed by atoms with Crippen LogP contribution in [0.5, 0.6) is 0 Å². The molecule has 6 aliphatic rings. The molecule has 3 N–H and O–H groups in total. The van der Waals surface area contributed by atoms with Gasteiger partial charge in [-0.05, 0) is 59.0 Å². The number of nitrogens with two attached hydrogens (primary N) is 1. The van der Waals surface area contributed by atoms with E-state index in [1.807, 2.05) is 31.2 Å². The predicted molar refractivity (Wildman–Crippen MR) is 188 cm³/mol. The number of primary amides is 1. The van der Waals surface area contributed by atoms with E-state index in [2.05, 4.69) is 6.07 Å². The second-order valence-electron chi connectivity index (χ2n) is 15.3. The number of β-lactam (4-membered cyclic amide) rings is 1. The summed E-state index contributed by atoms with van der Waals surface area (Å²) in [6.45, 7) is 10.2. The summed E-state index contributed by atoms with van der Waals surface area (Å²) in [7, 11) is 0. The minimum absolute atomic E-state index is 0.0852. The van der Waals surface area contributed by atoms with E-state index in [0.717, 1.165) is 71.5 Å². The number of aliphatic hydroxyl groups is 1. The number of piperazine rings is 3. The first-order chi connectivity index (χ1) is 24.8. The van der Waals surface area contributed by atoms with Gasteiger partial charge in [0.15, 0.2) is 12.3 Å². The van der Waals surface area contributed by atoms with Crippen LogP contribution in [0.4, 0.5) is 5.69 Å². The van der Waals surface area contributed by atoms with Gasteiger partial charge in [-0.15, -0.1) is 0 Å². The minimum atomic E-state index is -0.921. The quantitative estimate of drug-likeness (QED) is 0.0834. The Morgan fingerprint density at radius 1 is 0.923 bits per heavy atom. The van der Waals surface area contributed by atoms with Crippen LogP contribution in [0.25, 0.3) is 16.7 Å². The lowest BCUT2D eigenvalue weighted by Crippen LogP contribution is -2.75. The molecule has 2 amide bonds. The molecule has 3 aromatic carbocycles. The van der Waals surface area contributed by atoms with Crippen molar-refractivity contribution in [3.8, 4) is 11.1 Å². The number of nitro benzene ring substituents is 1. The molecule has 268 valence electrons. The van der Waals surface area contributed by atoms with Gasteiger partial charge in [-0.25, -0.2) is 4.79 Å². The Bertz CT molecular complexity index is 2080. The number of aliphatic hydroxyl groups excluding tert-OH is 1. The van der Waals surface area contributed by atoms with Crippen LogP contribution in [0.1, 0.15) is 46.5 Å². The minimum Gasteiger partial charge on any atom is -0.456 e. The first-order valence-electron chi connectivity index (χ1n) is 17.8. The van der Waals surface area contributed by atoms with E-state index in [-0.39, 0.29) is 41.5 Å². The number of benzene rings is 3. The molecule has 3 aromatic rings. The highest BCUT2D eigenvalue weighted by molar-refractivity contribution is 6.22. The van der Waals surface area contributed by atoms with Crippen molar-refractivity contribution in [2.45, 2.75) is 39.1 Å². The molecular formula is C39H41N5O8+2. The Morgan fingerprint density at radius 3 is 2.13 bits per heavy atom. The van der Waals surface area contributed by atoms with Crippen LogP contribution in [0.2, 0.25) is 0 Å². The summed E-state index contributed by atoms with van der Waals surface area (Å²) in [5, 5.41) is 21.5. The lowest BCUT2D eigenvalue weighted by Gasteiger charge is -2.55. The van der Waals surface area contributed by atoms with Gasteiger partial charge in [0, 0.05) is 34.7 Å². The topological polar surface area (TPSA) is 170 Å². The van der Waals surface area contributed by atoms with Gasteiger partial charge in [0.2, 0.25) is 5.91 Å². The summed E-state index contributed by atoms with van der Waals surface area (Å²) in [6.07, 6.45) is -0.921. The Hall–Kier alpha value is -5.24. The number of hydrogen-bond acceptors (Lipinski definition) is 8. The molecule has 4 saturated heterocycles. The van der Waals surface area contributed by atoms with Gasteiger partial charge in [-0.3, -0.25) is 24.5 Å². The molecule has 5 aliphatic heterocycles. The average molecular weight is 708 g/mol. The van der Waals surface area contributed by atoms with E-state index >= 15 is 0 Å². The van der Waals surface area contributed by atoms with Crippen LogP contribution in [0, 0.1) is 22.0 Å². The molecule has 0 spiro atoms. The van der Waals surface area contributed by atoms with Crippen molar-refractivity contribution >= 4 is 34.8 Å². The number of nitrogens with zero attached hydrogens (tertiary/aromatic N) is 4. The lowest BCUT2D eigenvalue weighted by atomic mass is 9.76. The number of ether oxygens (including phenoxy) is 1. The SMILES string of the molecule is C[C@@H](O)[C@H]1C(=O)N2C(C(=O)OCc3ccc([N+](=O)[O-])cc3)=C(c3ccc4c(c3)C(=O)c3cc(C[N+]56CC[N+](CC(N)=O)(CC5)CC6)ccc3-4)[C@H](C)[C@H]12. The van der Waals surface area contributed by atoms with Gasteiger partial charge < -0.3 is 29.4 Å². The van der Waals surface area contributed by atoms with Gasteiger partial charge in [-0.2, -0.15) is 0 Å². The third-order valence-corrected chi connectivity index (χ3v) is 12.2. The number of amides is 2. The molecule has 4 fully saturated rings. The summed E-state index contributed by atoms with van der Waals surface area (Å²) in [5.41, 5.74) is 11.2. The number of non-ortho nitro benzene ring substituents is 1. The first-order valence-corrected chi connectivity index (χ1v) is 17.8. The number of carbonyl (C=O) groups excluding carboxylic acids is 4. The summed E-state index contributed by atoms with van der Waals surface area (Å²) in [5.74, 6) is -2.47. The maximum atomic E-state index is 14.1. The Labute approximate surface area is 300 Å². The molecule has 0 radical (unpaired) electrons. The van der Waals surface area contributed by atoms with E-state index in [1.165, 1.54) is 29.2 Å². The zero-order chi connectivity index (χ0) is 36.7. The van der Waals surface area contributed by atoms with Gasteiger partial charge >= 0.3 is 5.97 Å². The highest BCUT2D eigenvalue weighted by Gasteiger charge is 2.60. The van der Waals surface area contributed by atoms with Crippen molar-refractivity contribution in [3.05, 3.63) is 104 Å². The smallest absolute Gasteiger partial charge is 0.355 e. The molecule has 13 nitrogen and oxygen atoms in total. The number of fused-ring (bicyclic) bond motifs is 7. The second kappa shape index (κ2) is 12.2. The standard InChI is InChI=1S/C39H40N5O8/c1-22-33(36(41-35(22)34(23(2)45)38(41)48)39(49)52-21-24-3-7-27(8-4-24)42(50)51)26-6-10-29-28-9-5-25(17-30(28)37(47)31(29)18-26)19-43-11-14-44(15-12-43,16-13-43)20-32(40)46/h3-10,17-18,22-23,34-35,45H,11-16,19-21H2,1-2H3,(H-,40,46)/q+1/p+1/t22-,23+,34+,35+,43?,44?/m0/s1. The zero-order valence-corrected chi connectivity index (χ0v) is 29.1. The number of esters is 1. The van der Waals surface area contributed by atoms with Gasteiger partial charge in [-0.1, -0.05) is 31.2 Å². The fraction of sp³-hybridized carbons (Fsp3) is 0.385. The Balaban J connectivity index is 1.07. The summed E-state index contributed by atoms with van der Waals surface area (Å²) in [4.78, 5) is 64.9. The number of nitro groups is 1. The largest absolute Gasteiger partial charge is 0.456 e. The number of ketones is 1. The molecule has 5 heterocycles. The molecule has 4 atom stereocenters. The normalized spacial score (nSPS) is 27.5. The molecule has 0 aromatic heterocycles. The zero-order valence-electron chi connectivity index (χ0n) is 29.1. The fourth-order valence-electron chi connectivity index (χ4n) is 9.40. The highest BCUT2D eigenvalue weighted by atomic mass is 16.6. The van der Waals surface area contributed by atoms with Crippen molar-refractivity contribution < 1.29 is 42.9 Å². The molecule has 52 heavy (non-hydrogen) atoms. The van der Waals surface area contributed by atoms with Gasteiger partial charge in [0.05, 0.1) is 23.0 Å². The van der Waals surface area contributed by atoms with E-state index in [0.29, 0.717) is 34.4 Å². The lowest BCUT2D eigenvalue weighted by molar-refractivity contribution is -1.08. The van der Waals surface area contributed by atoms with Crippen LogP contribution in [0.15, 0.2) is 66.4 Å². The third-order valence-electron chi connectivity index (χ3n) is 12.2. The van der Waals surface area contributed by atoms with Crippen LogP contribution < -0.4 is 5.73 Å². The third kappa shape index (κ3) is 5.33. The maximum absolute atomic E-state index is 14.1. The predicted octanol–water partition coefficient (Wildman–Crippen LogP) is 2.76. The molecular weight excluding hydrogens is 666 g/mol. The molecule has 0 unspecified atom stereocenters. The second-order valence-corrected chi connectivity index (χ2v) is 15.3. The van der Waals surface area contributed by atoms with E-state index in [1.54, 1.807) is 13.0 Å². The maximum Gasteiger partial charge on any atom is 0.355 e. The van der Waals surface area contributed by atoms with Crippen molar-refractivity contribution in [1.29, 1.82) is 0 Å². The van der Waals surface area contributed by atoms with Crippen LogP contribution >= 0.6 is 0 Å². The number of carbonyl (C=O) groups is 4. The summed E-state index contributed by atoms with van der Waals surface area (Å²) in [6, 6.07) is 16.9. The summed E-state index contributed by atoms with van der Waals surface area (Å²) < 4.78 is 7.39.